The minimum Gasteiger partial charge on any atom is -0.298 e. The van der Waals surface area contributed by atoms with Crippen LogP contribution in [-0.4, -0.2) is 19.7 Å². The third-order valence-corrected chi connectivity index (χ3v) is 7.48. The Morgan fingerprint density at radius 2 is 2.03 bits per heavy atom. The molecule has 0 radical (unpaired) electrons. The van der Waals surface area contributed by atoms with E-state index in [9.17, 15) is 0 Å². The quantitative estimate of drug-likeness (QED) is 0.233. The highest BCUT2D eigenvalue weighted by Crippen LogP contribution is 2.31. The van der Waals surface area contributed by atoms with Gasteiger partial charge in [-0.05, 0) is 25.5 Å². The van der Waals surface area contributed by atoms with Gasteiger partial charge >= 0.3 is 0 Å². The predicted octanol–water partition coefficient (Wildman–Crippen LogP) is 6.48. The van der Waals surface area contributed by atoms with Crippen LogP contribution in [0, 0.1) is 6.92 Å². The monoisotopic (exact) mass is 438 g/mol. The van der Waals surface area contributed by atoms with Crippen molar-refractivity contribution in [2.45, 2.75) is 37.7 Å². The van der Waals surface area contributed by atoms with E-state index < -0.39 is 0 Å². The summed E-state index contributed by atoms with van der Waals surface area (Å²) < 4.78 is 2.13. The van der Waals surface area contributed by atoms with Gasteiger partial charge in [-0.2, -0.15) is 0 Å². The molecule has 0 aliphatic heterocycles. The molecule has 3 aromatic heterocycles. The van der Waals surface area contributed by atoms with Crippen LogP contribution in [-0.2, 0) is 18.7 Å². The van der Waals surface area contributed by atoms with Crippen LogP contribution in [0.3, 0.4) is 0 Å². The summed E-state index contributed by atoms with van der Waals surface area (Å²) in [5.41, 5.74) is 4.62. The Bertz CT molecular complexity index is 1120. The van der Waals surface area contributed by atoms with E-state index in [2.05, 4.69) is 76.3 Å². The lowest BCUT2D eigenvalue weighted by atomic mass is 10.1. The van der Waals surface area contributed by atoms with E-state index >= 15 is 0 Å². The zero-order valence-corrected chi connectivity index (χ0v) is 18.9. The highest BCUT2D eigenvalue weighted by molar-refractivity contribution is 7.98. The average molecular weight is 439 g/mol. The van der Waals surface area contributed by atoms with Gasteiger partial charge < -0.3 is 0 Å². The second kappa shape index (κ2) is 9.07. The Morgan fingerprint density at radius 3 is 2.79 bits per heavy atom. The molecule has 1 aromatic carbocycles. The van der Waals surface area contributed by atoms with Gasteiger partial charge in [0.25, 0.3) is 0 Å². The number of thioether (sulfide) groups is 1. The summed E-state index contributed by atoms with van der Waals surface area (Å²) in [7, 11) is 0. The molecule has 0 saturated heterocycles. The fourth-order valence-corrected chi connectivity index (χ4v) is 5.58. The lowest BCUT2D eigenvalue weighted by molar-refractivity contribution is 0.731. The number of aromatic nitrogens is 4. The van der Waals surface area contributed by atoms with Crippen LogP contribution in [0.5, 0.6) is 0 Å². The molecule has 0 spiro atoms. The SMILES string of the molecule is C=CCn1c(SCc2csc(-c3cccc(C)c3)n2)nnc1-c1csc(CC)c1. The number of thiophene rings is 1. The van der Waals surface area contributed by atoms with Gasteiger partial charge in [0.05, 0.1) is 5.69 Å². The van der Waals surface area contributed by atoms with Crippen molar-refractivity contribution in [3.05, 3.63) is 69.9 Å². The molecule has 0 saturated carbocycles. The molecule has 148 valence electrons. The summed E-state index contributed by atoms with van der Waals surface area (Å²) in [5, 5.41) is 15.2. The molecule has 0 aliphatic carbocycles. The van der Waals surface area contributed by atoms with Crippen molar-refractivity contribution in [3.63, 3.8) is 0 Å². The van der Waals surface area contributed by atoms with Crippen molar-refractivity contribution in [1.29, 1.82) is 0 Å². The molecule has 0 amide bonds. The molecule has 0 fully saturated rings. The minimum absolute atomic E-state index is 0.688. The highest BCUT2D eigenvalue weighted by Gasteiger charge is 2.15. The van der Waals surface area contributed by atoms with Crippen LogP contribution in [0.25, 0.3) is 22.0 Å². The smallest absolute Gasteiger partial charge is 0.192 e. The number of hydrogen-bond donors (Lipinski definition) is 0. The molecule has 4 rings (SSSR count). The van der Waals surface area contributed by atoms with E-state index in [1.807, 2.05) is 6.08 Å². The van der Waals surface area contributed by atoms with E-state index in [4.69, 9.17) is 4.98 Å². The lowest BCUT2D eigenvalue weighted by Crippen LogP contribution is -2.00. The molecule has 0 N–H and O–H groups in total. The maximum absolute atomic E-state index is 4.81. The zero-order chi connectivity index (χ0) is 20.2. The summed E-state index contributed by atoms with van der Waals surface area (Å²) >= 11 is 5.13. The molecular weight excluding hydrogens is 416 g/mol. The van der Waals surface area contributed by atoms with Crippen LogP contribution in [0.4, 0.5) is 0 Å². The van der Waals surface area contributed by atoms with E-state index in [-0.39, 0.29) is 0 Å². The number of allylic oxidation sites excluding steroid dienone is 1. The molecule has 0 aliphatic rings. The maximum atomic E-state index is 4.81. The second-order valence-electron chi connectivity index (χ2n) is 6.66. The molecule has 4 aromatic rings. The standard InChI is InChI=1S/C22H22N4S3/c1-4-9-26-20(17-11-19(5-2)27-12-17)24-25-22(26)29-14-18-13-28-21(23-18)16-8-6-7-15(3)10-16/h4,6-8,10-13H,1,5,9,14H2,2-3H3. The number of nitrogens with zero attached hydrogens (tertiary/aromatic N) is 4. The van der Waals surface area contributed by atoms with Crippen LogP contribution >= 0.6 is 34.4 Å². The van der Waals surface area contributed by atoms with Gasteiger partial charge in [0.2, 0.25) is 0 Å². The first-order valence-corrected chi connectivity index (χ1v) is 12.2. The largest absolute Gasteiger partial charge is 0.298 e. The van der Waals surface area contributed by atoms with Crippen LogP contribution in [0.2, 0.25) is 0 Å². The molecule has 7 heteroatoms. The summed E-state index contributed by atoms with van der Waals surface area (Å²) in [6, 6.07) is 10.7. The van der Waals surface area contributed by atoms with Gasteiger partial charge in [0, 0.05) is 39.1 Å². The van der Waals surface area contributed by atoms with Crippen LogP contribution in [0.15, 0.2) is 58.9 Å². The molecule has 0 unspecified atom stereocenters. The van der Waals surface area contributed by atoms with Gasteiger partial charge in [-0.15, -0.1) is 39.4 Å². The summed E-state index contributed by atoms with van der Waals surface area (Å²) in [6.45, 7) is 8.87. The number of hydrogen-bond acceptors (Lipinski definition) is 6. The molecule has 0 bridgehead atoms. The van der Waals surface area contributed by atoms with E-state index in [0.717, 1.165) is 39.4 Å². The van der Waals surface area contributed by atoms with Gasteiger partial charge in [0.1, 0.15) is 5.01 Å². The first kappa shape index (κ1) is 20.1. The maximum Gasteiger partial charge on any atom is 0.192 e. The number of thiazole rings is 1. The Morgan fingerprint density at radius 1 is 1.14 bits per heavy atom. The van der Waals surface area contributed by atoms with Gasteiger partial charge in [-0.1, -0.05) is 48.5 Å². The summed E-state index contributed by atoms with van der Waals surface area (Å²) in [6.07, 6.45) is 2.93. The lowest BCUT2D eigenvalue weighted by Gasteiger charge is -2.06. The third kappa shape index (κ3) is 4.52. The summed E-state index contributed by atoms with van der Waals surface area (Å²) in [4.78, 5) is 6.17. The number of rotatable bonds is 8. The predicted molar refractivity (Wildman–Crippen MR) is 125 cm³/mol. The first-order valence-electron chi connectivity index (χ1n) is 9.44. The Kier molecular flexibility index (Phi) is 6.28. The van der Waals surface area contributed by atoms with Gasteiger partial charge in [-0.25, -0.2) is 4.98 Å². The fraction of sp³-hybridized carbons (Fsp3) is 0.227. The Labute approximate surface area is 183 Å². The van der Waals surface area contributed by atoms with Crippen molar-refractivity contribution < 1.29 is 0 Å². The van der Waals surface area contributed by atoms with E-state index in [1.54, 1.807) is 34.4 Å². The normalized spacial score (nSPS) is 11.1. The number of aryl methyl sites for hydroxylation is 2. The minimum atomic E-state index is 0.688. The van der Waals surface area contributed by atoms with E-state index in [0.29, 0.717) is 6.54 Å². The van der Waals surface area contributed by atoms with Crippen molar-refractivity contribution in [3.8, 4) is 22.0 Å². The van der Waals surface area contributed by atoms with Crippen LogP contribution in [0.1, 0.15) is 23.1 Å². The Hall–Kier alpha value is -2.22. The van der Waals surface area contributed by atoms with Crippen molar-refractivity contribution in [2.24, 2.45) is 0 Å². The fourth-order valence-electron chi connectivity index (χ4n) is 3.01. The van der Waals surface area contributed by atoms with Crippen molar-refractivity contribution in [1.82, 2.24) is 19.7 Å². The van der Waals surface area contributed by atoms with Crippen LogP contribution < -0.4 is 0 Å². The number of benzene rings is 1. The molecular formula is C22H22N4S3. The molecule has 4 nitrogen and oxygen atoms in total. The third-order valence-electron chi connectivity index (χ3n) is 4.45. The van der Waals surface area contributed by atoms with Crippen molar-refractivity contribution >= 4 is 34.4 Å². The van der Waals surface area contributed by atoms with E-state index in [1.165, 1.54) is 16.0 Å². The zero-order valence-electron chi connectivity index (χ0n) is 16.5. The Balaban J connectivity index is 1.52. The van der Waals surface area contributed by atoms with Gasteiger partial charge in [-0.3, -0.25) is 4.57 Å². The molecule has 3 heterocycles. The molecule has 29 heavy (non-hydrogen) atoms. The highest BCUT2D eigenvalue weighted by atomic mass is 32.2. The molecule has 0 atom stereocenters. The second-order valence-corrected chi connectivity index (χ2v) is 9.46. The average Bonchev–Trinajstić information content (AvgIpc) is 3.46. The first-order chi connectivity index (χ1) is 14.2. The topological polar surface area (TPSA) is 43.6 Å². The summed E-state index contributed by atoms with van der Waals surface area (Å²) in [5.74, 6) is 1.67. The van der Waals surface area contributed by atoms with Gasteiger partial charge in [0.15, 0.2) is 11.0 Å². The van der Waals surface area contributed by atoms with Crippen molar-refractivity contribution in [2.75, 3.05) is 0 Å².